The summed E-state index contributed by atoms with van der Waals surface area (Å²) in [6, 6.07) is 0.634. The fourth-order valence-electron chi connectivity index (χ4n) is 3.68. The van der Waals surface area contributed by atoms with E-state index in [1.165, 1.54) is 31.1 Å². The molecule has 6 nitrogen and oxygen atoms in total. The second kappa shape index (κ2) is 6.37. The number of hydrogen-bond donors (Lipinski definition) is 0. The Kier molecular flexibility index (Phi) is 4.22. The topological polar surface area (TPSA) is 53.7 Å². The van der Waals surface area contributed by atoms with Gasteiger partial charge in [0.2, 0.25) is 0 Å². The van der Waals surface area contributed by atoms with Gasteiger partial charge < -0.3 is 4.90 Å². The molecule has 1 aromatic heterocycles. The van der Waals surface area contributed by atoms with Crippen molar-refractivity contribution >= 4 is 28.9 Å². The Hall–Kier alpha value is -1.60. The molecule has 1 aromatic rings. The van der Waals surface area contributed by atoms with Crippen LogP contribution in [0.4, 0.5) is 0 Å². The number of aromatic nitrogens is 2. The molecule has 0 bridgehead atoms. The minimum atomic E-state index is -0.118. The van der Waals surface area contributed by atoms with Crippen molar-refractivity contribution in [2.24, 2.45) is 4.99 Å². The van der Waals surface area contributed by atoms with Gasteiger partial charge in [-0.15, -0.1) is 0 Å². The highest BCUT2D eigenvalue weighted by atomic mass is 32.2. The molecule has 0 spiro atoms. The van der Waals surface area contributed by atoms with Gasteiger partial charge in [0.05, 0.1) is 10.6 Å². The van der Waals surface area contributed by atoms with E-state index in [4.69, 9.17) is 0 Å². The van der Waals surface area contributed by atoms with Crippen LogP contribution in [-0.2, 0) is 11.3 Å². The average Bonchev–Trinajstić information content (AvgIpc) is 3.27. The Labute approximate surface area is 146 Å². The number of amides is 1. The lowest BCUT2D eigenvalue weighted by Gasteiger charge is -2.38. The summed E-state index contributed by atoms with van der Waals surface area (Å²) in [6.45, 7) is 9.14. The number of carbonyl (C=O) groups is 1. The van der Waals surface area contributed by atoms with Crippen LogP contribution in [-0.4, -0.2) is 62.9 Å². The normalized spacial score (nSPS) is 26.3. The highest BCUT2D eigenvalue weighted by Crippen LogP contribution is 2.32. The molecule has 4 heterocycles. The minimum Gasteiger partial charge on any atom is -0.348 e. The predicted octanol–water partition coefficient (Wildman–Crippen LogP) is 1.96. The maximum Gasteiger partial charge on any atom is 0.286 e. The highest BCUT2D eigenvalue weighted by molar-refractivity contribution is 8.18. The van der Waals surface area contributed by atoms with Crippen LogP contribution >= 0.6 is 11.8 Å². The lowest BCUT2D eigenvalue weighted by Crippen LogP contribution is -2.51. The lowest BCUT2D eigenvalue weighted by atomic mass is 10.2. The molecule has 7 heteroatoms. The Morgan fingerprint density at radius 2 is 2.25 bits per heavy atom. The number of aryl methyl sites for hydroxylation is 2. The quantitative estimate of drug-likeness (QED) is 0.767. The summed E-state index contributed by atoms with van der Waals surface area (Å²) < 4.78 is 1.90. The fraction of sp³-hybridized carbons (Fsp3) is 0.588. The summed E-state index contributed by atoms with van der Waals surface area (Å²) in [5.74, 6) is -0.118. The number of thioether (sulfide) groups is 1. The first-order valence-electron chi connectivity index (χ1n) is 8.69. The van der Waals surface area contributed by atoms with Crippen LogP contribution in [0.15, 0.2) is 16.1 Å². The third kappa shape index (κ3) is 2.91. The van der Waals surface area contributed by atoms with Gasteiger partial charge in [-0.05, 0) is 51.1 Å². The third-order valence-corrected chi connectivity index (χ3v) is 6.11. The molecule has 0 aromatic carbocycles. The zero-order valence-electron chi connectivity index (χ0n) is 14.2. The Bertz CT molecular complexity index is 723. The molecule has 0 N–H and O–H groups in total. The molecule has 24 heavy (non-hydrogen) atoms. The fourth-order valence-corrected chi connectivity index (χ4v) is 4.62. The van der Waals surface area contributed by atoms with Crippen molar-refractivity contribution in [2.45, 2.75) is 39.3 Å². The first-order chi connectivity index (χ1) is 11.6. The van der Waals surface area contributed by atoms with Gasteiger partial charge in [0.1, 0.15) is 0 Å². The van der Waals surface area contributed by atoms with Crippen molar-refractivity contribution < 1.29 is 4.79 Å². The van der Waals surface area contributed by atoms with Crippen LogP contribution in [0.2, 0.25) is 0 Å². The molecule has 3 aliphatic rings. The molecular formula is C17H23N5OS. The van der Waals surface area contributed by atoms with Gasteiger partial charge in [0.25, 0.3) is 5.91 Å². The van der Waals surface area contributed by atoms with E-state index in [-0.39, 0.29) is 5.91 Å². The molecule has 2 saturated heterocycles. The van der Waals surface area contributed by atoms with Crippen molar-refractivity contribution in [1.29, 1.82) is 0 Å². The molecule has 0 radical (unpaired) electrons. The zero-order chi connectivity index (χ0) is 16.7. The number of piperazine rings is 1. The van der Waals surface area contributed by atoms with E-state index in [2.05, 4.69) is 26.8 Å². The highest BCUT2D eigenvalue weighted by Gasteiger charge is 2.34. The second-order valence-electron chi connectivity index (χ2n) is 6.61. The van der Waals surface area contributed by atoms with Gasteiger partial charge in [-0.25, -0.2) is 0 Å². The van der Waals surface area contributed by atoms with Gasteiger partial charge in [0.15, 0.2) is 5.17 Å². The summed E-state index contributed by atoms with van der Waals surface area (Å²) in [7, 11) is 0. The van der Waals surface area contributed by atoms with Gasteiger partial charge in [-0.3, -0.25) is 14.4 Å². The summed E-state index contributed by atoms with van der Waals surface area (Å²) >= 11 is 1.51. The van der Waals surface area contributed by atoms with Crippen molar-refractivity contribution in [1.82, 2.24) is 19.6 Å². The molecule has 2 fully saturated rings. The van der Waals surface area contributed by atoms with Gasteiger partial charge in [-0.1, -0.05) is 0 Å². The monoisotopic (exact) mass is 345 g/mol. The Balaban J connectivity index is 1.48. The molecule has 1 atom stereocenters. The number of carbonyl (C=O) groups excluding carboxylic acids is 1. The van der Waals surface area contributed by atoms with Crippen LogP contribution in [0.25, 0.3) is 6.08 Å². The van der Waals surface area contributed by atoms with Crippen LogP contribution in [0.5, 0.6) is 0 Å². The standard InChI is InChI=1S/C17H23N5OS/c1-3-22-10-13(12(2)19-22)9-15-16(23)18-17(24-15)21-8-7-20-6-4-5-14(20)11-21/h9-10,14H,3-8,11H2,1-2H3. The predicted molar refractivity (Wildman–Crippen MR) is 96.8 cm³/mol. The number of nitrogens with zero attached hydrogens (tertiary/aromatic N) is 5. The third-order valence-electron chi connectivity index (χ3n) is 5.06. The molecule has 128 valence electrons. The molecule has 1 amide bonds. The summed E-state index contributed by atoms with van der Waals surface area (Å²) in [4.78, 5) is 22.2. The van der Waals surface area contributed by atoms with Crippen molar-refractivity contribution in [3.63, 3.8) is 0 Å². The summed E-state index contributed by atoms with van der Waals surface area (Å²) in [5, 5.41) is 5.31. The van der Waals surface area contributed by atoms with E-state index in [1.807, 2.05) is 23.9 Å². The van der Waals surface area contributed by atoms with E-state index in [1.54, 1.807) is 0 Å². The largest absolute Gasteiger partial charge is 0.348 e. The number of fused-ring (bicyclic) bond motifs is 1. The number of hydrogen-bond acceptors (Lipinski definition) is 5. The molecular weight excluding hydrogens is 322 g/mol. The second-order valence-corrected chi connectivity index (χ2v) is 7.62. The molecule has 1 unspecified atom stereocenters. The van der Waals surface area contributed by atoms with Gasteiger partial charge >= 0.3 is 0 Å². The van der Waals surface area contributed by atoms with Crippen LogP contribution in [0.1, 0.15) is 31.0 Å². The van der Waals surface area contributed by atoms with Crippen molar-refractivity contribution in [3.8, 4) is 0 Å². The van der Waals surface area contributed by atoms with Crippen LogP contribution in [0.3, 0.4) is 0 Å². The maximum atomic E-state index is 12.3. The van der Waals surface area contributed by atoms with Crippen molar-refractivity contribution in [2.75, 3.05) is 26.2 Å². The average molecular weight is 345 g/mol. The Morgan fingerprint density at radius 1 is 1.38 bits per heavy atom. The maximum absolute atomic E-state index is 12.3. The SMILES string of the molecule is CCn1cc(C=C2SC(N3CCN4CCCC4C3)=NC2=O)c(C)n1. The van der Waals surface area contributed by atoms with Gasteiger partial charge in [0, 0.05) is 44.0 Å². The van der Waals surface area contributed by atoms with E-state index in [0.717, 1.165) is 42.6 Å². The number of aliphatic imine (C=N–C) groups is 1. The van der Waals surface area contributed by atoms with Crippen LogP contribution < -0.4 is 0 Å². The molecule has 3 aliphatic heterocycles. The summed E-state index contributed by atoms with van der Waals surface area (Å²) in [6.07, 6.45) is 6.48. The van der Waals surface area contributed by atoms with E-state index < -0.39 is 0 Å². The number of amidine groups is 1. The van der Waals surface area contributed by atoms with Gasteiger partial charge in [-0.2, -0.15) is 10.1 Å². The first kappa shape index (κ1) is 15.9. The van der Waals surface area contributed by atoms with E-state index in [9.17, 15) is 4.79 Å². The lowest BCUT2D eigenvalue weighted by molar-refractivity contribution is -0.113. The van der Waals surface area contributed by atoms with Crippen molar-refractivity contribution in [3.05, 3.63) is 22.4 Å². The zero-order valence-corrected chi connectivity index (χ0v) is 15.1. The van der Waals surface area contributed by atoms with Crippen LogP contribution in [0, 0.1) is 6.92 Å². The molecule has 0 saturated carbocycles. The Morgan fingerprint density at radius 3 is 3.04 bits per heavy atom. The van der Waals surface area contributed by atoms with E-state index >= 15 is 0 Å². The van der Waals surface area contributed by atoms with E-state index in [0.29, 0.717) is 10.9 Å². The smallest absolute Gasteiger partial charge is 0.286 e. The molecule has 4 rings (SSSR count). The minimum absolute atomic E-state index is 0.118. The molecule has 0 aliphatic carbocycles. The first-order valence-corrected chi connectivity index (χ1v) is 9.51. The number of rotatable bonds is 2. The summed E-state index contributed by atoms with van der Waals surface area (Å²) in [5.41, 5.74) is 1.95.